The molecule has 0 radical (unpaired) electrons. The highest BCUT2D eigenvalue weighted by molar-refractivity contribution is 5.01. The van der Waals surface area contributed by atoms with Crippen LogP contribution in [0.5, 0.6) is 0 Å². The molecule has 0 aliphatic carbocycles. The molecule has 3 heteroatoms. The van der Waals surface area contributed by atoms with Crippen molar-refractivity contribution in [2.75, 3.05) is 0 Å². The summed E-state index contributed by atoms with van der Waals surface area (Å²) >= 11 is 0. The topological polar surface area (TPSA) is 53.2 Å². The molecule has 0 bridgehead atoms. The Hall–Kier alpha value is -0.590. The molecule has 0 aromatic carbocycles. The molecular weight excluding hydrogens is 178 g/mol. The van der Waals surface area contributed by atoms with Gasteiger partial charge in [-0.2, -0.15) is 5.26 Å². The lowest BCUT2D eigenvalue weighted by Gasteiger charge is -2.37. The van der Waals surface area contributed by atoms with Gasteiger partial charge in [-0.15, -0.1) is 0 Å². The second-order valence-corrected chi connectivity index (χ2v) is 4.63. The van der Waals surface area contributed by atoms with Crippen molar-refractivity contribution in [1.82, 2.24) is 0 Å². The Balaban J connectivity index is 2.61. The van der Waals surface area contributed by atoms with E-state index >= 15 is 0 Å². The summed E-state index contributed by atoms with van der Waals surface area (Å²) in [6.45, 7) is 5.73. The van der Waals surface area contributed by atoms with Crippen molar-refractivity contribution in [3.63, 3.8) is 0 Å². The van der Waals surface area contributed by atoms with Crippen molar-refractivity contribution in [3.05, 3.63) is 0 Å². The van der Waals surface area contributed by atoms with Crippen LogP contribution in [0, 0.1) is 17.2 Å². The molecule has 1 aliphatic rings. The van der Waals surface area contributed by atoms with E-state index in [0.29, 0.717) is 0 Å². The van der Waals surface area contributed by atoms with Gasteiger partial charge in [0.2, 0.25) is 0 Å². The van der Waals surface area contributed by atoms with E-state index in [0.717, 1.165) is 19.3 Å². The minimum absolute atomic E-state index is 0.173. The normalized spacial score (nSPS) is 35.3. The quantitative estimate of drug-likeness (QED) is 0.735. The Morgan fingerprint density at radius 1 is 1.57 bits per heavy atom. The van der Waals surface area contributed by atoms with E-state index in [1.807, 2.05) is 13.8 Å². The summed E-state index contributed by atoms with van der Waals surface area (Å²) in [7, 11) is 0. The summed E-state index contributed by atoms with van der Waals surface area (Å²) in [6.07, 6.45) is 1.95. The molecule has 3 atom stereocenters. The zero-order valence-corrected chi connectivity index (χ0v) is 9.16. The predicted octanol–water partition coefficient (Wildman–Crippen LogP) is 1.85. The van der Waals surface area contributed by atoms with E-state index in [-0.39, 0.29) is 12.0 Å². The molecule has 1 N–H and O–H groups in total. The Kier molecular flexibility index (Phi) is 3.52. The maximum absolute atomic E-state index is 9.84. The number of aliphatic hydroxyl groups is 1. The highest BCUT2D eigenvalue weighted by atomic mass is 16.5. The molecule has 0 spiro atoms. The second-order valence-electron chi connectivity index (χ2n) is 4.63. The Morgan fingerprint density at radius 2 is 2.21 bits per heavy atom. The average Bonchev–Trinajstić information content (AvgIpc) is 2.16. The number of aliphatic hydroxyl groups excluding tert-OH is 1. The van der Waals surface area contributed by atoms with E-state index in [4.69, 9.17) is 10.00 Å². The van der Waals surface area contributed by atoms with E-state index in [1.54, 1.807) is 6.92 Å². The zero-order chi connectivity index (χ0) is 10.8. The molecule has 1 aliphatic heterocycles. The molecule has 0 unspecified atom stereocenters. The third-order valence-corrected chi connectivity index (χ3v) is 2.85. The first kappa shape index (κ1) is 11.5. The molecule has 80 valence electrons. The van der Waals surface area contributed by atoms with Crippen molar-refractivity contribution < 1.29 is 9.84 Å². The standard InChI is InChI=1S/C11H19NO2/c1-8(2)10(13)9-5-4-6-11(3,7-12)14-9/h8-10,13H,4-6H2,1-3H3/t9-,10+,11-/m0/s1. The van der Waals surface area contributed by atoms with Gasteiger partial charge in [-0.25, -0.2) is 0 Å². The van der Waals surface area contributed by atoms with Crippen LogP contribution in [-0.2, 0) is 4.74 Å². The molecule has 1 rings (SSSR count). The number of ether oxygens (including phenoxy) is 1. The van der Waals surface area contributed by atoms with Gasteiger partial charge in [0, 0.05) is 0 Å². The van der Waals surface area contributed by atoms with Crippen LogP contribution in [0.4, 0.5) is 0 Å². The lowest BCUT2D eigenvalue weighted by Crippen LogP contribution is -2.44. The van der Waals surface area contributed by atoms with Gasteiger partial charge in [-0.3, -0.25) is 0 Å². The number of hydrogen-bond donors (Lipinski definition) is 1. The van der Waals surface area contributed by atoms with Crippen molar-refractivity contribution >= 4 is 0 Å². The van der Waals surface area contributed by atoms with Gasteiger partial charge >= 0.3 is 0 Å². The minimum atomic E-state index is -0.696. The fourth-order valence-corrected chi connectivity index (χ4v) is 1.84. The summed E-state index contributed by atoms with van der Waals surface area (Å²) in [5, 5.41) is 18.8. The first-order valence-electron chi connectivity index (χ1n) is 5.25. The summed E-state index contributed by atoms with van der Waals surface area (Å²) in [5.41, 5.74) is -0.696. The van der Waals surface area contributed by atoms with Gasteiger partial charge in [-0.1, -0.05) is 13.8 Å². The van der Waals surface area contributed by atoms with Gasteiger partial charge in [0.15, 0.2) is 5.60 Å². The minimum Gasteiger partial charge on any atom is -0.390 e. The zero-order valence-electron chi connectivity index (χ0n) is 9.16. The number of nitrogens with zero attached hydrogens (tertiary/aromatic N) is 1. The molecule has 1 heterocycles. The molecule has 1 saturated heterocycles. The summed E-state index contributed by atoms with van der Waals surface area (Å²) in [5.74, 6) is 0.182. The van der Waals surface area contributed by atoms with Gasteiger partial charge in [0.1, 0.15) is 0 Å². The number of rotatable bonds is 2. The van der Waals surface area contributed by atoms with Crippen LogP contribution >= 0.6 is 0 Å². The predicted molar refractivity (Wildman–Crippen MR) is 53.6 cm³/mol. The van der Waals surface area contributed by atoms with Gasteiger partial charge < -0.3 is 9.84 Å². The number of hydrogen-bond acceptors (Lipinski definition) is 3. The third kappa shape index (κ3) is 2.46. The molecule has 0 saturated carbocycles. The highest BCUT2D eigenvalue weighted by Crippen LogP contribution is 2.30. The van der Waals surface area contributed by atoms with Crippen LogP contribution < -0.4 is 0 Å². The summed E-state index contributed by atoms with van der Waals surface area (Å²) in [4.78, 5) is 0. The van der Waals surface area contributed by atoms with Crippen molar-refractivity contribution in [2.24, 2.45) is 5.92 Å². The molecule has 14 heavy (non-hydrogen) atoms. The van der Waals surface area contributed by atoms with E-state index in [1.165, 1.54) is 0 Å². The van der Waals surface area contributed by atoms with Crippen LogP contribution in [0.3, 0.4) is 0 Å². The van der Waals surface area contributed by atoms with Crippen LogP contribution in [0.25, 0.3) is 0 Å². The Morgan fingerprint density at radius 3 is 2.71 bits per heavy atom. The van der Waals surface area contributed by atoms with E-state index < -0.39 is 11.7 Å². The molecule has 0 aromatic rings. The fourth-order valence-electron chi connectivity index (χ4n) is 1.84. The van der Waals surface area contributed by atoms with Crippen LogP contribution in [0.1, 0.15) is 40.0 Å². The van der Waals surface area contributed by atoms with Gasteiger partial charge in [0.25, 0.3) is 0 Å². The van der Waals surface area contributed by atoms with Crippen molar-refractivity contribution in [2.45, 2.75) is 57.8 Å². The maximum Gasteiger partial charge on any atom is 0.151 e. The van der Waals surface area contributed by atoms with Gasteiger partial charge in [-0.05, 0) is 32.1 Å². The van der Waals surface area contributed by atoms with Crippen molar-refractivity contribution in [3.8, 4) is 6.07 Å². The highest BCUT2D eigenvalue weighted by Gasteiger charge is 2.36. The van der Waals surface area contributed by atoms with Crippen LogP contribution in [0.15, 0.2) is 0 Å². The number of nitriles is 1. The van der Waals surface area contributed by atoms with Gasteiger partial charge in [0.05, 0.1) is 18.3 Å². The first-order chi connectivity index (χ1) is 6.48. The molecule has 0 aromatic heterocycles. The van der Waals surface area contributed by atoms with Crippen molar-refractivity contribution in [1.29, 1.82) is 5.26 Å². The lowest BCUT2D eigenvalue weighted by molar-refractivity contribution is -0.140. The lowest BCUT2D eigenvalue weighted by atomic mass is 9.90. The molecule has 1 fully saturated rings. The maximum atomic E-state index is 9.84. The summed E-state index contributed by atoms with van der Waals surface area (Å²) in [6, 6.07) is 2.17. The monoisotopic (exact) mass is 197 g/mol. The van der Waals surface area contributed by atoms with E-state index in [9.17, 15) is 5.11 Å². The fraction of sp³-hybridized carbons (Fsp3) is 0.909. The Labute approximate surface area is 85.7 Å². The van der Waals surface area contributed by atoms with Crippen LogP contribution in [0.2, 0.25) is 0 Å². The van der Waals surface area contributed by atoms with Crippen LogP contribution in [-0.4, -0.2) is 22.9 Å². The second kappa shape index (κ2) is 4.29. The largest absolute Gasteiger partial charge is 0.390 e. The third-order valence-electron chi connectivity index (χ3n) is 2.85. The molecule has 3 nitrogen and oxygen atoms in total. The summed E-state index contributed by atoms with van der Waals surface area (Å²) < 4.78 is 5.64. The smallest absolute Gasteiger partial charge is 0.151 e. The molecule has 0 amide bonds. The first-order valence-corrected chi connectivity index (χ1v) is 5.25. The van der Waals surface area contributed by atoms with E-state index in [2.05, 4.69) is 6.07 Å². The SMILES string of the molecule is CC(C)[C@@H](O)[C@@H]1CCC[C@@](C)(C#N)O1. The average molecular weight is 197 g/mol. The molecular formula is C11H19NO2. The Bertz CT molecular complexity index is 234.